The number of benzene rings is 1. The van der Waals surface area contributed by atoms with Crippen LogP contribution in [0.25, 0.3) is 22.8 Å². The quantitative estimate of drug-likeness (QED) is 0.557. The van der Waals surface area contributed by atoms with E-state index in [9.17, 15) is 13.2 Å². The largest absolute Gasteiger partial charge is 0.301 e. The summed E-state index contributed by atoms with van der Waals surface area (Å²) >= 11 is 6.07. The average Bonchev–Trinajstić information content (AvgIpc) is 3.17. The molecule has 0 aliphatic heterocycles. The number of hydrogen-bond donors (Lipinski definition) is 2. The molecule has 29 heavy (non-hydrogen) atoms. The van der Waals surface area contributed by atoms with Crippen molar-refractivity contribution < 1.29 is 13.2 Å². The maximum absolute atomic E-state index is 12.1. The number of carbonyl (C=O) groups is 1. The summed E-state index contributed by atoms with van der Waals surface area (Å²) in [7, 11) is -2.07. The lowest BCUT2D eigenvalue weighted by atomic mass is 10.2. The Hall–Kier alpha value is -2.62. The van der Waals surface area contributed by atoms with E-state index in [1.807, 2.05) is 47.5 Å². The van der Waals surface area contributed by atoms with Crippen molar-refractivity contribution in [3.8, 4) is 5.82 Å². The molecule has 1 aromatic carbocycles. The van der Waals surface area contributed by atoms with Crippen LogP contribution < -0.4 is 9.44 Å². The molecule has 0 saturated carbocycles. The first kappa shape index (κ1) is 21.1. The van der Waals surface area contributed by atoms with Crippen molar-refractivity contribution in [3.63, 3.8) is 0 Å². The van der Waals surface area contributed by atoms with Gasteiger partial charge >= 0.3 is 10.2 Å². The van der Waals surface area contributed by atoms with Crippen molar-refractivity contribution in [2.45, 2.75) is 20.3 Å². The Kier molecular flexibility index (Phi) is 6.11. The molecule has 154 valence electrons. The van der Waals surface area contributed by atoms with Gasteiger partial charge in [-0.1, -0.05) is 18.5 Å². The van der Waals surface area contributed by atoms with Gasteiger partial charge in [-0.2, -0.15) is 18.2 Å². The summed E-state index contributed by atoms with van der Waals surface area (Å²) in [5.41, 5.74) is 2.34. The van der Waals surface area contributed by atoms with Gasteiger partial charge in [-0.25, -0.2) is 4.72 Å². The first-order valence-electron chi connectivity index (χ1n) is 9.02. The van der Waals surface area contributed by atoms with Crippen molar-refractivity contribution in [2.24, 2.45) is 7.05 Å². The third-order valence-corrected chi connectivity index (χ3v) is 5.59. The van der Waals surface area contributed by atoms with E-state index < -0.39 is 16.1 Å². The zero-order valence-electron chi connectivity index (χ0n) is 16.3. The molecule has 0 fully saturated rings. The number of nitrogens with one attached hydrogen (secondary N) is 2. The summed E-state index contributed by atoms with van der Waals surface area (Å²) in [4.78, 5) is 12.1. The lowest BCUT2D eigenvalue weighted by Crippen LogP contribution is -2.39. The molecule has 0 aliphatic rings. The predicted molar refractivity (Wildman–Crippen MR) is 114 cm³/mol. The topological polar surface area (TPSA) is 98.0 Å². The number of aromatic nitrogens is 3. The summed E-state index contributed by atoms with van der Waals surface area (Å²) < 4.78 is 31.5. The summed E-state index contributed by atoms with van der Waals surface area (Å²) in [6.07, 6.45) is 5.26. The molecule has 0 atom stereocenters. The molecule has 2 aromatic heterocycles. The Labute approximate surface area is 174 Å². The van der Waals surface area contributed by atoms with Gasteiger partial charge in [-0.15, -0.1) is 0 Å². The molecule has 8 nitrogen and oxygen atoms in total. The SMILES string of the molecule is CCCNS(=O)(=O)NC(=O)C=Cc1c(C)nn(C)c1-n1ccc2cc(Cl)ccc21. The molecule has 10 heteroatoms. The highest BCUT2D eigenvalue weighted by molar-refractivity contribution is 7.88. The van der Waals surface area contributed by atoms with Crippen LogP contribution in [-0.4, -0.2) is 35.2 Å². The van der Waals surface area contributed by atoms with Crippen molar-refractivity contribution in [1.82, 2.24) is 23.8 Å². The summed E-state index contributed by atoms with van der Waals surface area (Å²) in [5.74, 6) is 0.00258. The maximum Gasteiger partial charge on any atom is 0.301 e. The van der Waals surface area contributed by atoms with E-state index in [1.165, 1.54) is 6.08 Å². The van der Waals surface area contributed by atoms with Crippen molar-refractivity contribution in [2.75, 3.05) is 6.54 Å². The second-order valence-electron chi connectivity index (χ2n) is 6.53. The number of fused-ring (bicyclic) bond motifs is 1. The average molecular weight is 436 g/mol. The van der Waals surface area contributed by atoms with Crippen LogP contribution in [0.15, 0.2) is 36.5 Å². The van der Waals surface area contributed by atoms with Crippen LogP contribution in [0.1, 0.15) is 24.6 Å². The minimum atomic E-state index is -3.88. The Balaban J connectivity index is 1.93. The van der Waals surface area contributed by atoms with Crippen LogP contribution in [0, 0.1) is 6.92 Å². The fourth-order valence-corrected chi connectivity index (χ4v) is 4.10. The number of nitrogens with zero attached hydrogens (tertiary/aromatic N) is 3. The smallest absolute Gasteiger partial charge is 0.301 e. The van der Waals surface area contributed by atoms with Crippen LogP contribution in [0.2, 0.25) is 5.02 Å². The van der Waals surface area contributed by atoms with E-state index in [0.29, 0.717) is 22.7 Å². The number of aryl methyl sites for hydroxylation is 2. The molecule has 1 amide bonds. The number of carbonyl (C=O) groups excluding carboxylic acids is 1. The number of hydrogen-bond acceptors (Lipinski definition) is 4. The third-order valence-electron chi connectivity index (χ3n) is 4.30. The molecule has 2 heterocycles. The molecule has 0 saturated heterocycles. The molecule has 0 radical (unpaired) electrons. The van der Waals surface area contributed by atoms with E-state index in [-0.39, 0.29) is 6.54 Å². The highest BCUT2D eigenvalue weighted by Gasteiger charge is 2.16. The molecular weight excluding hydrogens is 414 g/mol. The van der Waals surface area contributed by atoms with Crippen molar-refractivity contribution in [3.05, 3.63) is 52.8 Å². The van der Waals surface area contributed by atoms with Gasteiger partial charge in [0.15, 0.2) is 0 Å². The van der Waals surface area contributed by atoms with Crippen molar-refractivity contribution >= 4 is 44.7 Å². The van der Waals surface area contributed by atoms with Crippen LogP contribution in [0.5, 0.6) is 0 Å². The predicted octanol–water partition coefficient (Wildman–Crippen LogP) is 2.70. The molecule has 3 aromatic rings. The Morgan fingerprint density at radius 2 is 2.07 bits per heavy atom. The minimum Gasteiger partial charge on any atom is -0.301 e. The fourth-order valence-electron chi connectivity index (χ4n) is 3.04. The van der Waals surface area contributed by atoms with Gasteiger partial charge in [-0.3, -0.25) is 9.48 Å². The Morgan fingerprint density at radius 1 is 1.31 bits per heavy atom. The van der Waals surface area contributed by atoms with E-state index in [0.717, 1.165) is 16.7 Å². The van der Waals surface area contributed by atoms with Crippen LogP contribution >= 0.6 is 11.6 Å². The van der Waals surface area contributed by atoms with Crippen LogP contribution in [0.4, 0.5) is 0 Å². The summed E-state index contributed by atoms with van der Waals surface area (Å²) in [6.45, 7) is 3.90. The Morgan fingerprint density at radius 3 is 2.79 bits per heavy atom. The standard InChI is InChI=1S/C19H22ClN5O3S/c1-4-10-21-29(27,28)23-18(26)8-6-16-13(2)22-24(3)19(16)25-11-9-14-12-15(20)5-7-17(14)25/h5-9,11-12,21H,4,10H2,1-3H3,(H,23,26). The van der Waals surface area contributed by atoms with E-state index in [4.69, 9.17) is 11.6 Å². The molecular formula is C19H22ClN5O3S. The van der Waals surface area contributed by atoms with Gasteiger partial charge in [0.1, 0.15) is 5.82 Å². The zero-order chi connectivity index (χ0) is 21.2. The molecule has 0 spiro atoms. The lowest BCUT2D eigenvalue weighted by Gasteiger charge is -2.08. The van der Waals surface area contributed by atoms with Gasteiger partial charge in [-0.05, 0) is 43.7 Å². The first-order chi connectivity index (χ1) is 13.7. The summed E-state index contributed by atoms with van der Waals surface area (Å²) in [5, 5.41) is 6.05. The van der Waals surface area contributed by atoms with Crippen molar-refractivity contribution in [1.29, 1.82) is 0 Å². The molecule has 3 rings (SSSR count). The van der Waals surface area contributed by atoms with Gasteiger partial charge in [0.05, 0.1) is 11.2 Å². The Bertz CT molecular complexity index is 1190. The zero-order valence-corrected chi connectivity index (χ0v) is 17.9. The number of amides is 1. The van der Waals surface area contributed by atoms with Gasteiger partial charge < -0.3 is 4.57 Å². The highest BCUT2D eigenvalue weighted by atomic mass is 35.5. The number of halogens is 1. The van der Waals surface area contributed by atoms with Crippen LogP contribution in [-0.2, 0) is 22.1 Å². The lowest BCUT2D eigenvalue weighted by molar-refractivity contribution is -0.114. The number of rotatable bonds is 7. The van der Waals surface area contributed by atoms with E-state index in [1.54, 1.807) is 23.9 Å². The summed E-state index contributed by atoms with van der Waals surface area (Å²) in [6, 6.07) is 7.52. The van der Waals surface area contributed by atoms with Gasteiger partial charge in [0, 0.05) is 41.8 Å². The fraction of sp³-hybridized carbons (Fsp3) is 0.263. The molecule has 0 bridgehead atoms. The van der Waals surface area contributed by atoms with Gasteiger partial charge in [0.2, 0.25) is 0 Å². The maximum atomic E-state index is 12.1. The first-order valence-corrected chi connectivity index (χ1v) is 10.9. The normalized spacial score (nSPS) is 12.1. The van der Waals surface area contributed by atoms with E-state index >= 15 is 0 Å². The molecule has 0 aliphatic carbocycles. The second-order valence-corrected chi connectivity index (χ2v) is 8.47. The monoisotopic (exact) mass is 435 g/mol. The second kappa shape index (κ2) is 8.40. The van der Waals surface area contributed by atoms with E-state index in [2.05, 4.69) is 9.82 Å². The highest BCUT2D eigenvalue weighted by Crippen LogP contribution is 2.27. The van der Waals surface area contributed by atoms with Gasteiger partial charge in [0.25, 0.3) is 5.91 Å². The minimum absolute atomic E-state index is 0.253. The molecule has 0 unspecified atom stereocenters. The molecule has 2 N–H and O–H groups in total. The van der Waals surface area contributed by atoms with Crippen LogP contribution in [0.3, 0.4) is 0 Å². The third kappa shape index (κ3) is 4.69.